The molecule has 0 bridgehead atoms. The number of hydrogen-bond acceptors (Lipinski definition) is 3. The average molecular weight is 367 g/mol. The van der Waals surface area contributed by atoms with E-state index in [1.807, 2.05) is 11.3 Å². The second-order valence-electron chi connectivity index (χ2n) is 8.07. The summed E-state index contributed by atoms with van der Waals surface area (Å²) in [5.74, 6) is 0.970. The Kier molecular flexibility index (Phi) is 4.13. The van der Waals surface area contributed by atoms with Gasteiger partial charge in [0.25, 0.3) is 0 Å². The first kappa shape index (κ1) is 16.5. The van der Waals surface area contributed by atoms with Gasteiger partial charge in [0.1, 0.15) is 0 Å². The predicted octanol–water partition coefficient (Wildman–Crippen LogP) is 4.03. The Hall–Kier alpha value is -1.65. The average Bonchev–Trinajstić information content (AvgIpc) is 3.11. The van der Waals surface area contributed by atoms with Crippen LogP contribution in [-0.4, -0.2) is 35.3 Å². The summed E-state index contributed by atoms with van der Waals surface area (Å²) in [6.45, 7) is 3.46. The molecule has 1 aliphatic carbocycles. The number of hydrogen-bond donors (Lipinski definition) is 0. The zero-order chi connectivity index (χ0) is 17.6. The van der Waals surface area contributed by atoms with Crippen LogP contribution in [0.3, 0.4) is 0 Å². The van der Waals surface area contributed by atoms with Crippen molar-refractivity contribution in [2.75, 3.05) is 19.6 Å². The van der Waals surface area contributed by atoms with Crippen LogP contribution in [0, 0.1) is 5.92 Å². The third-order valence-electron chi connectivity index (χ3n) is 6.74. The SMILES string of the molecule is O=C(CN1CCc2sccc2C1)N1C[C@H]2CCCC[C@]21c1ccccc1. The van der Waals surface area contributed by atoms with Gasteiger partial charge in [-0.2, -0.15) is 0 Å². The van der Waals surface area contributed by atoms with E-state index in [9.17, 15) is 4.79 Å². The second-order valence-corrected chi connectivity index (χ2v) is 9.07. The number of carbonyl (C=O) groups excluding carboxylic acids is 1. The molecule has 2 aromatic rings. The minimum absolute atomic E-state index is 0.0279. The highest BCUT2D eigenvalue weighted by Gasteiger charge is 2.56. The lowest BCUT2D eigenvalue weighted by molar-refractivity contribution is -0.168. The van der Waals surface area contributed by atoms with E-state index in [-0.39, 0.29) is 5.54 Å². The number of likely N-dealkylation sites (tertiary alicyclic amines) is 1. The maximum absolute atomic E-state index is 13.3. The van der Waals surface area contributed by atoms with Gasteiger partial charge in [-0.1, -0.05) is 43.2 Å². The number of nitrogens with zero attached hydrogens (tertiary/aromatic N) is 2. The lowest BCUT2D eigenvalue weighted by atomic mass is 9.61. The van der Waals surface area contributed by atoms with E-state index in [1.54, 1.807) is 0 Å². The molecule has 2 aliphatic heterocycles. The smallest absolute Gasteiger partial charge is 0.237 e. The summed E-state index contributed by atoms with van der Waals surface area (Å²) >= 11 is 1.86. The summed E-state index contributed by atoms with van der Waals surface area (Å²) < 4.78 is 0. The standard InChI is InChI=1S/C22H26N2OS/c25-21(16-23-12-9-20-17(14-23)10-13-26-20)24-15-19-8-4-5-11-22(19,24)18-6-2-1-3-7-18/h1-3,6-7,10,13,19H,4-5,8-9,11-12,14-16H2/t19-,22+/m1/s1. The molecule has 136 valence electrons. The van der Waals surface area contributed by atoms with Crippen LogP contribution in [0.2, 0.25) is 0 Å². The summed E-state index contributed by atoms with van der Waals surface area (Å²) in [5, 5.41) is 2.18. The molecule has 1 saturated heterocycles. The summed E-state index contributed by atoms with van der Waals surface area (Å²) in [7, 11) is 0. The summed E-state index contributed by atoms with van der Waals surface area (Å²) in [6.07, 6.45) is 6.03. The normalized spacial score (nSPS) is 28.2. The van der Waals surface area contributed by atoms with E-state index in [0.29, 0.717) is 18.4 Å². The van der Waals surface area contributed by atoms with Gasteiger partial charge in [-0.3, -0.25) is 9.69 Å². The minimum Gasteiger partial charge on any atom is -0.331 e. The van der Waals surface area contributed by atoms with Crippen LogP contribution < -0.4 is 0 Å². The quantitative estimate of drug-likeness (QED) is 0.819. The largest absolute Gasteiger partial charge is 0.331 e. The zero-order valence-corrected chi connectivity index (χ0v) is 16.0. The Balaban J connectivity index is 1.35. The Labute approximate surface area is 159 Å². The Morgan fingerprint density at radius 3 is 2.92 bits per heavy atom. The van der Waals surface area contributed by atoms with Crippen LogP contribution >= 0.6 is 11.3 Å². The highest BCUT2D eigenvalue weighted by atomic mass is 32.1. The number of rotatable bonds is 3. The Bertz CT molecular complexity index is 801. The van der Waals surface area contributed by atoms with Gasteiger partial charge in [-0.15, -0.1) is 11.3 Å². The van der Waals surface area contributed by atoms with Crippen LogP contribution in [0.4, 0.5) is 0 Å². The fourth-order valence-electron chi connectivity index (χ4n) is 5.40. The van der Waals surface area contributed by atoms with E-state index in [1.165, 1.54) is 35.3 Å². The van der Waals surface area contributed by atoms with E-state index >= 15 is 0 Å². The van der Waals surface area contributed by atoms with Gasteiger partial charge in [-0.05, 0) is 41.8 Å². The molecule has 1 saturated carbocycles. The molecule has 5 rings (SSSR count). The molecular weight excluding hydrogens is 340 g/mol. The lowest BCUT2D eigenvalue weighted by Crippen LogP contribution is -2.68. The van der Waals surface area contributed by atoms with Crippen molar-refractivity contribution in [1.82, 2.24) is 9.80 Å². The van der Waals surface area contributed by atoms with Crippen LogP contribution in [0.25, 0.3) is 0 Å². The Morgan fingerprint density at radius 2 is 2.08 bits per heavy atom. The van der Waals surface area contributed by atoms with E-state index in [0.717, 1.165) is 32.5 Å². The maximum Gasteiger partial charge on any atom is 0.237 e. The molecule has 3 heterocycles. The van der Waals surface area contributed by atoms with Gasteiger partial charge < -0.3 is 4.90 Å². The number of amides is 1. The number of fused-ring (bicyclic) bond motifs is 2. The van der Waals surface area contributed by atoms with Gasteiger partial charge in [0.2, 0.25) is 5.91 Å². The summed E-state index contributed by atoms with van der Waals surface area (Å²) in [5.41, 5.74) is 2.74. The number of benzene rings is 1. The summed E-state index contributed by atoms with van der Waals surface area (Å²) in [6, 6.07) is 13.0. The molecule has 1 aromatic carbocycles. The van der Waals surface area contributed by atoms with Crippen molar-refractivity contribution in [1.29, 1.82) is 0 Å². The van der Waals surface area contributed by atoms with Gasteiger partial charge in [0.15, 0.2) is 0 Å². The third-order valence-corrected chi connectivity index (χ3v) is 7.76. The van der Waals surface area contributed by atoms with Crippen LogP contribution in [0.15, 0.2) is 41.8 Å². The topological polar surface area (TPSA) is 23.6 Å². The fraction of sp³-hybridized carbons (Fsp3) is 0.500. The monoisotopic (exact) mass is 366 g/mol. The first-order chi connectivity index (χ1) is 12.8. The fourth-order valence-corrected chi connectivity index (χ4v) is 6.29. The molecule has 3 nitrogen and oxygen atoms in total. The molecule has 26 heavy (non-hydrogen) atoms. The van der Waals surface area contributed by atoms with Gasteiger partial charge in [-0.25, -0.2) is 0 Å². The molecule has 2 atom stereocenters. The lowest BCUT2D eigenvalue weighted by Gasteiger charge is -2.61. The first-order valence-electron chi connectivity index (χ1n) is 9.91. The number of thiophene rings is 1. The van der Waals surface area contributed by atoms with Crippen LogP contribution in [-0.2, 0) is 23.3 Å². The zero-order valence-electron chi connectivity index (χ0n) is 15.2. The third kappa shape index (κ3) is 2.54. The molecule has 0 N–H and O–H groups in total. The molecule has 0 spiro atoms. The molecule has 2 fully saturated rings. The van der Waals surface area contributed by atoms with E-state index in [4.69, 9.17) is 0 Å². The highest BCUT2D eigenvalue weighted by molar-refractivity contribution is 7.10. The van der Waals surface area contributed by atoms with Crippen molar-refractivity contribution < 1.29 is 4.79 Å². The van der Waals surface area contributed by atoms with E-state index in [2.05, 4.69) is 51.6 Å². The van der Waals surface area contributed by atoms with Crippen LogP contribution in [0.1, 0.15) is 41.7 Å². The van der Waals surface area contributed by atoms with Gasteiger partial charge in [0, 0.05) is 30.4 Å². The molecule has 3 aliphatic rings. The van der Waals surface area contributed by atoms with Crippen molar-refractivity contribution in [3.63, 3.8) is 0 Å². The maximum atomic E-state index is 13.3. The van der Waals surface area contributed by atoms with Crippen molar-refractivity contribution >= 4 is 17.2 Å². The van der Waals surface area contributed by atoms with Gasteiger partial charge >= 0.3 is 0 Å². The van der Waals surface area contributed by atoms with Crippen molar-refractivity contribution in [2.45, 2.75) is 44.2 Å². The van der Waals surface area contributed by atoms with Gasteiger partial charge in [0.05, 0.1) is 12.1 Å². The molecule has 0 unspecified atom stereocenters. The Morgan fingerprint density at radius 1 is 1.19 bits per heavy atom. The highest BCUT2D eigenvalue weighted by Crippen LogP contribution is 2.53. The second kappa shape index (κ2) is 6.50. The summed E-state index contributed by atoms with van der Waals surface area (Å²) in [4.78, 5) is 19.3. The van der Waals surface area contributed by atoms with E-state index < -0.39 is 0 Å². The predicted molar refractivity (Wildman–Crippen MR) is 105 cm³/mol. The molecular formula is C22H26N2OS. The number of carbonyl (C=O) groups is 1. The molecule has 0 radical (unpaired) electrons. The minimum atomic E-state index is -0.0279. The molecule has 1 amide bonds. The van der Waals surface area contributed by atoms with Crippen molar-refractivity contribution in [2.24, 2.45) is 5.92 Å². The first-order valence-corrected chi connectivity index (χ1v) is 10.8. The van der Waals surface area contributed by atoms with Crippen molar-refractivity contribution in [3.8, 4) is 0 Å². The van der Waals surface area contributed by atoms with Crippen LogP contribution in [0.5, 0.6) is 0 Å². The van der Waals surface area contributed by atoms with Crippen molar-refractivity contribution in [3.05, 3.63) is 57.8 Å². The molecule has 1 aromatic heterocycles. The molecule has 4 heteroatoms.